The van der Waals surface area contributed by atoms with Gasteiger partial charge in [-0.05, 0) is 29.8 Å². The fourth-order valence-corrected chi connectivity index (χ4v) is 3.17. The Morgan fingerprint density at radius 3 is 2.73 bits per heavy atom. The number of hydrogen-bond acceptors (Lipinski definition) is 5. The Balaban J connectivity index is 1.41. The largest absolute Gasteiger partial charge is 0.486 e. The van der Waals surface area contributed by atoms with E-state index in [4.69, 9.17) is 9.47 Å². The third-order valence-corrected chi connectivity index (χ3v) is 4.55. The van der Waals surface area contributed by atoms with Crippen molar-refractivity contribution >= 4 is 17.5 Å². The van der Waals surface area contributed by atoms with Crippen molar-refractivity contribution in [2.45, 2.75) is 13.0 Å². The molecule has 2 aromatic rings. The van der Waals surface area contributed by atoms with E-state index in [1.54, 1.807) is 29.4 Å². The molecule has 7 heteroatoms. The molecule has 0 radical (unpaired) electrons. The zero-order chi connectivity index (χ0) is 17.9. The number of rotatable bonds is 4. The molecule has 0 saturated carbocycles. The molecular formula is C19H19N3O4. The minimum absolute atomic E-state index is 0.0641. The molecule has 0 unspecified atom stereocenters. The molecule has 26 heavy (non-hydrogen) atoms. The maximum Gasteiger partial charge on any atom is 0.227 e. The van der Waals surface area contributed by atoms with Crippen LogP contribution in [0.3, 0.4) is 0 Å². The van der Waals surface area contributed by atoms with Crippen LogP contribution >= 0.6 is 0 Å². The van der Waals surface area contributed by atoms with Crippen LogP contribution in [0.15, 0.2) is 42.7 Å². The third-order valence-electron chi connectivity index (χ3n) is 4.55. The van der Waals surface area contributed by atoms with E-state index >= 15 is 0 Å². The molecule has 0 aliphatic carbocycles. The zero-order valence-corrected chi connectivity index (χ0v) is 14.2. The lowest BCUT2D eigenvalue weighted by atomic mass is 10.1. The van der Waals surface area contributed by atoms with Crippen molar-refractivity contribution in [3.63, 3.8) is 0 Å². The summed E-state index contributed by atoms with van der Waals surface area (Å²) in [6.45, 7) is 1.80. The highest BCUT2D eigenvalue weighted by Gasteiger charge is 2.35. The minimum atomic E-state index is -0.363. The Morgan fingerprint density at radius 1 is 1.15 bits per heavy atom. The summed E-state index contributed by atoms with van der Waals surface area (Å²) in [4.78, 5) is 30.4. The molecule has 1 aromatic carbocycles. The van der Waals surface area contributed by atoms with E-state index in [0.717, 1.165) is 11.3 Å². The third kappa shape index (κ3) is 3.33. The van der Waals surface area contributed by atoms with Crippen molar-refractivity contribution in [2.75, 3.05) is 24.7 Å². The topological polar surface area (TPSA) is 80.8 Å². The average Bonchev–Trinajstić information content (AvgIpc) is 3.08. The summed E-state index contributed by atoms with van der Waals surface area (Å²) in [5.74, 6) is 0.768. The summed E-state index contributed by atoms with van der Waals surface area (Å²) in [7, 11) is 0. The number of hydrogen-bond donors (Lipinski definition) is 1. The van der Waals surface area contributed by atoms with Crippen molar-refractivity contribution in [1.82, 2.24) is 10.3 Å². The number of nitrogens with one attached hydrogen (secondary N) is 1. The molecule has 1 atom stereocenters. The molecule has 7 nitrogen and oxygen atoms in total. The summed E-state index contributed by atoms with van der Waals surface area (Å²) in [6.07, 6.45) is 3.57. The fraction of sp³-hybridized carbons (Fsp3) is 0.316. The van der Waals surface area contributed by atoms with Crippen LogP contribution < -0.4 is 19.7 Å². The van der Waals surface area contributed by atoms with E-state index in [-0.39, 0.29) is 24.2 Å². The van der Waals surface area contributed by atoms with Gasteiger partial charge in [0.2, 0.25) is 11.8 Å². The van der Waals surface area contributed by atoms with Gasteiger partial charge in [-0.25, -0.2) is 0 Å². The van der Waals surface area contributed by atoms with Crippen LogP contribution in [0.25, 0.3) is 0 Å². The van der Waals surface area contributed by atoms with Crippen LogP contribution in [0.2, 0.25) is 0 Å². The Hall–Kier alpha value is -3.09. The summed E-state index contributed by atoms with van der Waals surface area (Å²) >= 11 is 0. The fourth-order valence-electron chi connectivity index (χ4n) is 3.17. The lowest BCUT2D eigenvalue weighted by Crippen LogP contribution is -2.32. The van der Waals surface area contributed by atoms with Crippen molar-refractivity contribution in [2.24, 2.45) is 5.92 Å². The number of aromatic nitrogens is 1. The van der Waals surface area contributed by atoms with E-state index in [0.29, 0.717) is 37.8 Å². The van der Waals surface area contributed by atoms with Crippen LogP contribution in [0.5, 0.6) is 11.5 Å². The molecule has 2 amide bonds. The van der Waals surface area contributed by atoms with Crippen molar-refractivity contribution in [3.8, 4) is 11.5 Å². The lowest BCUT2D eigenvalue weighted by molar-refractivity contribution is -0.126. The van der Waals surface area contributed by atoms with E-state index in [1.807, 2.05) is 18.2 Å². The van der Waals surface area contributed by atoms with Crippen molar-refractivity contribution in [1.29, 1.82) is 0 Å². The van der Waals surface area contributed by atoms with Gasteiger partial charge in [-0.3, -0.25) is 14.6 Å². The molecule has 4 rings (SSSR count). The standard InChI is InChI=1S/C19H19N3O4/c23-18-9-14(19(24)21-11-13-3-5-20-6-4-13)12-22(18)15-1-2-16-17(10-15)26-8-7-25-16/h1-6,10,14H,7-9,11-12H2,(H,21,24)/t14-/m0/s1. The van der Waals surface area contributed by atoms with Crippen molar-refractivity contribution in [3.05, 3.63) is 48.3 Å². The quantitative estimate of drug-likeness (QED) is 0.901. The highest BCUT2D eigenvalue weighted by Crippen LogP contribution is 2.35. The van der Waals surface area contributed by atoms with Gasteiger partial charge in [0.25, 0.3) is 0 Å². The molecule has 3 heterocycles. The lowest BCUT2D eigenvalue weighted by Gasteiger charge is -2.22. The normalized spacial score (nSPS) is 18.7. The summed E-state index contributed by atoms with van der Waals surface area (Å²) < 4.78 is 11.1. The van der Waals surface area contributed by atoms with Gasteiger partial charge >= 0.3 is 0 Å². The molecule has 1 saturated heterocycles. The Morgan fingerprint density at radius 2 is 1.92 bits per heavy atom. The first-order valence-corrected chi connectivity index (χ1v) is 8.57. The molecule has 0 bridgehead atoms. The number of carbonyl (C=O) groups excluding carboxylic acids is 2. The molecule has 1 N–H and O–H groups in total. The van der Waals surface area contributed by atoms with Crippen LogP contribution in [0.1, 0.15) is 12.0 Å². The monoisotopic (exact) mass is 353 g/mol. The number of amides is 2. The van der Waals surface area contributed by atoms with Crippen LogP contribution in [0.4, 0.5) is 5.69 Å². The van der Waals surface area contributed by atoms with E-state index < -0.39 is 0 Å². The number of pyridine rings is 1. The van der Waals surface area contributed by atoms with Crippen molar-refractivity contribution < 1.29 is 19.1 Å². The SMILES string of the molecule is O=C(NCc1ccncc1)[C@H]1CC(=O)N(c2ccc3c(c2)OCCO3)C1. The highest BCUT2D eigenvalue weighted by molar-refractivity contribution is 6.00. The van der Waals surface area contributed by atoms with Gasteiger partial charge in [0, 0.05) is 43.7 Å². The van der Waals surface area contributed by atoms with E-state index in [9.17, 15) is 9.59 Å². The summed E-state index contributed by atoms with van der Waals surface area (Å²) in [5.41, 5.74) is 1.70. The first-order chi connectivity index (χ1) is 12.7. The van der Waals surface area contributed by atoms with Crippen LogP contribution in [-0.4, -0.2) is 36.6 Å². The number of anilines is 1. The van der Waals surface area contributed by atoms with Gasteiger partial charge in [0.05, 0.1) is 5.92 Å². The number of fused-ring (bicyclic) bond motifs is 1. The van der Waals surface area contributed by atoms with Gasteiger partial charge in [-0.2, -0.15) is 0 Å². The zero-order valence-electron chi connectivity index (χ0n) is 14.2. The smallest absolute Gasteiger partial charge is 0.227 e. The maximum atomic E-state index is 12.4. The number of carbonyl (C=O) groups is 2. The first kappa shape index (κ1) is 16.4. The predicted octanol–water partition coefficient (Wildman–Crippen LogP) is 1.52. The molecule has 134 valence electrons. The Kier molecular flexibility index (Phi) is 4.43. The second kappa shape index (κ2) is 7.03. The van der Waals surface area contributed by atoms with Gasteiger partial charge in [0.1, 0.15) is 13.2 Å². The summed E-state index contributed by atoms with van der Waals surface area (Å²) in [6, 6.07) is 9.11. The maximum absolute atomic E-state index is 12.4. The number of ether oxygens (including phenoxy) is 2. The van der Waals surface area contributed by atoms with E-state index in [1.165, 1.54) is 0 Å². The van der Waals surface area contributed by atoms with Gasteiger partial charge in [-0.15, -0.1) is 0 Å². The molecule has 0 spiro atoms. The predicted molar refractivity (Wildman–Crippen MR) is 94.0 cm³/mol. The summed E-state index contributed by atoms with van der Waals surface area (Å²) in [5, 5.41) is 2.89. The highest BCUT2D eigenvalue weighted by atomic mass is 16.6. The number of nitrogens with zero attached hydrogens (tertiary/aromatic N) is 2. The van der Waals surface area contributed by atoms with Gasteiger partial charge in [0.15, 0.2) is 11.5 Å². The number of benzene rings is 1. The minimum Gasteiger partial charge on any atom is -0.486 e. The molecular weight excluding hydrogens is 334 g/mol. The van der Waals surface area contributed by atoms with Gasteiger partial charge < -0.3 is 19.7 Å². The average molecular weight is 353 g/mol. The molecule has 1 fully saturated rings. The van der Waals surface area contributed by atoms with Gasteiger partial charge in [-0.1, -0.05) is 0 Å². The second-order valence-corrected chi connectivity index (χ2v) is 6.31. The van der Waals surface area contributed by atoms with Crippen LogP contribution in [-0.2, 0) is 16.1 Å². The molecule has 2 aliphatic rings. The Bertz CT molecular complexity index is 825. The second-order valence-electron chi connectivity index (χ2n) is 6.31. The van der Waals surface area contributed by atoms with Crippen LogP contribution in [0, 0.1) is 5.92 Å². The Labute approximate surface area is 150 Å². The first-order valence-electron chi connectivity index (χ1n) is 8.57. The van der Waals surface area contributed by atoms with E-state index in [2.05, 4.69) is 10.3 Å². The molecule has 2 aliphatic heterocycles. The molecule has 1 aromatic heterocycles.